The molecule has 0 heterocycles. The zero-order valence-corrected chi connectivity index (χ0v) is 30.2. The molecule has 5 unspecified atom stereocenters. The molecule has 0 aromatic heterocycles. The molecule has 2 N–H and O–H groups in total. The molecule has 7 nitrogen and oxygen atoms in total. The summed E-state index contributed by atoms with van der Waals surface area (Å²) in [5, 5.41) is 14.5. The predicted molar refractivity (Wildman–Crippen MR) is 186 cm³/mol. The molecule has 0 saturated heterocycles. The van der Waals surface area contributed by atoms with Gasteiger partial charge in [-0.3, -0.25) is 14.4 Å². The molecule has 0 aliphatic heterocycles. The van der Waals surface area contributed by atoms with Crippen LogP contribution in [0.15, 0.2) is 42.5 Å². The van der Waals surface area contributed by atoms with Crippen molar-refractivity contribution in [1.82, 2.24) is 5.32 Å². The highest BCUT2D eigenvalue weighted by Gasteiger charge is 2.72. The van der Waals surface area contributed by atoms with E-state index in [-0.39, 0.29) is 58.6 Å². The maximum Gasteiger partial charge on any atom is 0.309 e. The number of esters is 2. The van der Waals surface area contributed by atoms with Gasteiger partial charge in [-0.1, -0.05) is 70.2 Å². The van der Waals surface area contributed by atoms with E-state index in [2.05, 4.69) is 63.9 Å². The highest BCUT2D eigenvalue weighted by atomic mass is 16.6. The lowest BCUT2D eigenvalue weighted by Crippen LogP contribution is -2.68. The van der Waals surface area contributed by atoms with Crippen molar-refractivity contribution in [3.8, 4) is 0 Å². The summed E-state index contributed by atoms with van der Waals surface area (Å²) in [6.07, 6.45) is 8.92. The van der Waals surface area contributed by atoms with E-state index in [1.165, 1.54) is 19.4 Å². The third kappa shape index (κ3) is 5.36. The summed E-state index contributed by atoms with van der Waals surface area (Å²) in [4.78, 5) is 37.6. The van der Waals surface area contributed by atoms with E-state index >= 15 is 0 Å². The molecule has 11 atom stereocenters. The number of ether oxygens (including phenoxy) is 2. The van der Waals surface area contributed by atoms with Crippen LogP contribution >= 0.6 is 0 Å². The highest BCUT2D eigenvalue weighted by Crippen LogP contribution is 2.77. The average Bonchev–Trinajstić information content (AvgIpc) is 3.44. The summed E-state index contributed by atoms with van der Waals surface area (Å²) < 4.78 is 11.7. The first-order chi connectivity index (χ1) is 22.6. The van der Waals surface area contributed by atoms with Gasteiger partial charge in [0.2, 0.25) is 0 Å². The zero-order valence-electron chi connectivity index (χ0n) is 30.2. The minimum Gasteiger partial charge on any atom is -0.481 e. The number of hydrogen-bond acceptors (Lipinski definition) is 6. The first-order valence-corrected chi connectivity index (χ1v) is 18.6. The van der Waals surface area contributed by atoms with Crippen molar-refractivity contribution in [2.75, 3.05) is 13.2 Å². The van der Waals surface area contributed by atoms with Gasteiger partial charge in [0.1, 0.15) is 12.7 Å². The number of hydrogen-bond donors (Lipinski definition) is 2. The maximum absolute atomic E-state index is 13.3. The third-order valence-corrected chi connectivity index (χ3v) is 15.5. The summed E-state index contributed by atoms with van der Waals surface area (Å²) in [7, 11) is 0. The van der Waals surface area contributed by atoms with Gasteiger partial charge in [-0.15, -0.1) is 0 Å². The standard InChI is InChI=1S/C41H59NO6/c1-26(23-42-24-29-11-9-8-10-12-29)30-15-20-41(36(45)46)22-21-39(6)31(35(30)41)13-14-33-37(4)18-17-34(48-28(3)44)38(5,25-47-27(2)43)32(37)16-19-40(33,39)7/h8-12,30-35,42H,1,13-25H2,2-7H3,(H,45,46)/t30?,31?,32?,33?,34-,35?,37-,38-,39+,40+,41-/m0/s1. The van der Waals surface area contributed by atoms with Crippen molar-refractivity contribution in [2.24, 2.45) is 56.7 Å². The van der Waals surface area contributed by atoms with E-state index in [9.17, 15) is 19.5 Å². The molecule has 5 saturated carbocycles. The fourth-order valence-electron chi connectivity index (χ4n) is 13.2. The number of carboxylic acids is 1. The number of aliphatic carboxylic acids is 1. The Bertz CT molecular complexity index is 1430. The first kappa shape index (κ1) is 35.2. The minimum atomic E-state index is -0.674. The quantitative estimate of drug-likeness (QED) is 0.204. The number of carbonyl (C=O) groups is 3. The lowest BCUT2D eigenvalue weighted by Gasteiger charge is -2.72. The molecule has 0 spiro atoms. The fourth-order valence-corrected chi connectivity index (χ4v) is 13.2. The zero-order chi connectivity index (χ0) is 34.7. The summed E-state index contributed by atoms with van der Waals surface area (Å²) in [6.45, 7) is 19.0. The second-order valence-electron chi connectivity index (χ2n) is 17.5. The van der Waals surface area contributed by atoms with Crippen molar-refractivity contribution < 1.29 is 29.0 Å². The lowest BCUT2D eigenvalue weighted by molar-refractivity contribution is -0.257. The monoisotopic (exact) mass is 661 g/mol. The fraction of sp³-hybridized carbons (Fsp3) is 0.732. The number of nitrogens with one attached hydrogen (secondary N) is 1. The van der Waals surface area contributed by atoms with Gasteiger partial charge in [0.25, 0.3) is 0 Å². The van der Waals surface area contributed by atoms with E-state index in [1.807, 2.05) is 6.07 Å². The van der Waals surface area contributed by atoms with Crippen LogP contribution in [0.5, 0.6) is 0 Å². The minimum absolute atomic E-state index is 0.00606. The summed E-state index contributed by atoms with van der Waals surface area (Å²) >= 11 is 0. The molecule has 5 aliphatic carbocycles. The van der Waals surface area contributed by atoms with E-state index in [0.29, 0.717) is 18.4 Å². The Balaban J connectivity index is 1.29. The second kappa shape index (κ2) is 12.6. The Morgan fingerprint density at radius 2 is 1.58 bits per heavy atom. The van der Waals surface area contributed by atoms with Crippen LogP contribution in [0.1, 0.15) is 111 Å². The second-order valence-corrected chi connectivity index (χ2v) is 17.5. The Morgan fingerprint density at radius 3 is 2.25 bits per heavy atom. The molecule has 6 rings (SSSR count). The van der Waals surface area contributed by atoms with E-state index in [0.717, 1.165) is 76.3 Å². The Morgan fingerprint density at radius 1 is 0.854 bits per heavy atom. The van der Waals surface area contributed by atoms with Crippen LogP contribution in [0.3, 0.4) is 0 Å². The van der Waals surface area contributed by atoms with Crippen LogP contribution in [0.2, 0.25) is 0 Å². The topological polar surface area (TPSA) is 102 Å². The van der Waals surface area contributed by atoms with E-state index in [4.69, 9.17) is 9.47 Å². The number of benzene rings is 1. The summed E-state index contributed by atoms with van der Waals surface area (Å²) in [6, 6.07) is 10.4. The van der Waals surface area contributed by atoms with Crippen LogP contribution in [0, 0.1) is 56.7 Å². The van der Waals surface area contributed by atoms with Crippen molar-refractivity contribution in [1.29, 1.82) is 0 Å². The number of fused-ring (bicyclic) bond motifs is 7. The molecule has 0 bridgehead atoms. The van der Waals surface area contributed by atoms with E-state index < -0.39 is 16.8 Å². The largest absolute Gasteiger partial charge is 0.481 e. The third-order valence-electron chi connectivity index (χ3n) is 15.5. The Labute approximate surface area is 288 Å². The molecule has 5 fully saturated rings. The maximum atomic E-state index is 13.3. The SMILES string of the molecule is C=C(CNCc1ccccc1)C1CC[C@]2(C(=O)O)CC[C@]3(C)C(CCC4[C@@]5(C)CC[C@H](OC(C)=O)[C@@](C)(COC(C)=O)C5CC[C@]43C)C12. The molecule has 7 heteroatoms. The van der Waals surface area contributed by atoms with Gasteiger partial charge < -0.3 is 19.9 Å². The van der Waals surface area contributed by atoms with Crippen LogP contribution in [-0.4, -0.2) is 42.3 Å². The van der Waals surface area contributed by atoms with Gasteiger partial charge in [-0.05, 0) is 116 Å². The van der Waals surface area contributed by atoms with Crippen LogP contribution < -0.4 is 5.32 Å². The summed E-state index contributed by atoms with van der Waals surface area (Å²) in [5.41, 5.74) is 1.31. The van der Waals surface area contributed by atoms with Crippen molar-refractivity contribution >= 4 is 17.9 Å². The van der Waals surface area contributed by atoms with Gasteiger partial charge in [0.15, 0.2) is 0 Å². The molecule has 48 heavy (non-hydrogen) atoms. The number of rotatable bonds is 9. The van der Waals surface area contributed by atoms with Crippen molar-refractivity contribution in [3.63, 3.8) is 0 Å². The van der Waals surface area contributed by atoms with Crippen LogP contribution in [0.4, 0.5) is 0 Å². The first-order valence-electron chi connectivity index (χ1n) is 18.6. The molecule has 0 amide bonds. The lowest BCUT2D eigenvalue weighted by atomic mass is 9.32. The highest BCUT2D eigenvalue weighted by molar-refractivity contribution is 5.76. The van der Waals surface area contributed by atoms with Crippen molar-refractivity contribution in [2.45, 2.75) is 118 Å². The molecular formula is C41H59NO6. The smallest absolute Gasteiger partial charge is 0.309 e. The molecule has 0 radical (unpaired) electrons. The van der Waals surface area contributed by atoms with Crippen molar-refractivity contribution in [3.05, 3.63) is 48.0 Å². The number of carboxylic acid groups (broad SMARTS) is 1. The Kier molecular flexibility index (Phi) is 9.22. The number of carbonyl (C=O) groups excluding carboxylic acids is 2. The molecule has 1 aromatic rings. The average molecular weight is 662 g/mol. The van der Waals surface area contributed by atoms with Gasteiger partial charge >= 0.3 is 17.9 Å². The normalized spacial score (nSPS) is 43.1. The van der Waals surface area contributed by atoms with Gasteiger partial charge in [-0.25, -0.2) is 0 Å². The van der Waals surface area contributed by atoms with Gasteiger partial charge in [-0.2, -0.15) is 0 Å². The predicted octanol–water partition coefficient (Wildman–Crippen LogP) is 7.97. The molecule has 264 valence electrons. The van der Waals surface area contributed by atoms with Crippen LogP contribution in [0.25, 0.3) is 0 Å². The molecule has 1 aromatic carbocycles. The summed E-state index contributed by atoms with van der Waals surface area (Å²) in [5.74, 6) is 0.139. The van der Waals surface area contributed by atoms with Gasteiger partial charge in [0, 0.05) is 32.4 Å². The van der Waals surface area contributed by atoms with E-state index in [1.54, 1.807) is 0 Å². The van der Waals surface area contributed by atoms with Gasteiger partial charge in [0.05, 0.1) is 5.41 Å². The molecular weight excluding hydrogens is 602 g/mol. The Hall–Kier alpha value is -2.67. The molecule has 5 aliphatic rings. The van der Waals surface area contributed by atoms with Crippen LogP contribution in [-0.2, 0) is 30.4 Å².